The van der Waals surface area contributed by atoms with Gasteiger partial charge in [0.25, 0.3) is 15.9 Å². The molecule has 0 saturated carbocycles. The number of carbonyl (C=O) groups excluding carboxylic acids is 1. The lowest BCUT2D eigenvalue weighted by Crippen LogP contribution is -2.49. The van der Waals surface area contributed by atoms with E-state index in [1.807, 2.05) is 4.90 Å². The van der Waals surface area contributed by atoms with Crippen LogP contribution in [0.15, 0.2) is 28.3 Å². The Balaban J connectivity index is 1.36. The molecule has 4 aliphatic heterocycles. The lowest BCUT2D eigenvalue weighted by atomic mass is 9.95. The summed E-state index contributed by atoms with van der Waals surface area (Å²) >= 11 is 0. The summed E-state index contributed by atoms with van der Waals surface area (Å²) in [4.78, 5) is 19.2. The summed E-state index contributed by atoms with van der Waals surface area (Å²) in [5, 5.41) is 0. The number of amides is 1. The van der Waals surface area contributed by atoms with Gasteiger partial charge >= 0.3 is 0 Å². The highest BCUT2D eigenvalue weighted by Crippen LogP contribution is 2.24. The minimum Gasteiger partial charge on any atom is -0.373 e. The first-order valence-corrected chi connectivity index (χ1v) is 12.1. The summed E-state index contributed by atoms with van der Waals surface area (Å²) in [5.74, 6) is 0.692. The van der Waals surface area contributed by atoms with Crippen LogP contribution >= 0.6 is 0 Å². The van der Waals surface area contributed by atoms with Crippen LogP contribution in [0, 0.1) is 5.92 Å². The van der Waals surface area contributed by atoms with E-state index in [0.717, 1.165) is 32.5 Å². The summed E-state index contributed by atoms with van der Waals surface area (Å²) in [6.07, 6.45) is 7.71. The molecule has 2 saturated heterocycles. The molecule has 1 amide bonds. The van der Waals surface area contributed by atoms with Crippen LogP contribution in [-0.4, -0.2) is 92.1 Å². The fourth-order valence-corrected chi connectivity index (χ4v) is 5.66. The van der Waals surface area contributed by atoms with E-state index in [1.165, 1.54) is 0 Å². The van der Waals surface area contributed by atoms with E-state index in [9.17, 15) is 13.2 Å². The van der Waals surface area contributed by atoms with Gasteiger partial charge in [-0.1, -0.05) is 0 Å². The van der Waals surface area contributed by atoms with Crippen molar-refractivity contribution in [1.82, 2.24) is 14.7 Å². The third-order valence-corrected chi connectivity index (χ3v) is 7.15. The van der Waals surface area contributed by atoms with Crippen LogP contribution in [0.3, 0.4) is 0 Å². The second-order valence-electron chi connectivity index (χ2n) is 8.53. The molecule has 0 aromatic rings. The van der Waals surface area contributed by atoms with Crippen molar-refractivity contribution in [3.8, 4) is 0 Å². The van der Waals surface area contributed by atoms with Crippen LogP contribution in [0.25, 0.3) is 0 Å². The number of carbonyl (C=O) groups is 1. The Kier molecular flexibility index (Phi) is 5.81. The SMILES string of the molecule is CC1CN(CC2CCN(C(=O)C3=CC=CN4CCS(=O)(=O)N=C34)CC2)CC(C)O1. The van der Waals surface area contributed by atoms with E-state index in [2.05, 4.69) is 23.1 Å². The number of fused-ring (bicyclic) bond motifs is 1. The number of allylic oxidation sites excluding steroid dienone is 2. The summed E-state index contributed by atoms with van der Waals surface area (Å²) < 4.78 is 33.5. The monoisotopic (exact) mass is 422 g/mol. The van der Waals surface area contributed by atoms with E-state index in [0.29, 0.717) is 31.1 Å². The molecule has 0 aromatic heterocycles. The highest BCUT2D eigenvalue weighted by atomic mass is 32.2. The molecule has 0 spiro atoms. The van der Waals surface area contributed by atoms with Crippen molar-refractivity contribution in [1.29, 1.82) is 0 Å². The van der Waals surface area contributed by atoms with Crippen molar-refractivity contribution < 1.29 is 17.9 Å². The minimum absolute atomic E-state index is 0.0214. The quantitative estimate of drug-likeness (QED) is 0.670. The second-order valence-corrected chi connectivity index (χ2v) is 10.3. The van der Waals surface area contributed by atoms with Crippen molar-refractivity contribution in [2.45, 2.75) is 38.9 Å². The Morgan fingerprint density at radius 2 is 1.86 bits per heavy atom. The predicted molar refractivity (Wildman–Crippen MR) is 111 cm³/mol. The molecule has 2 unspecified atom stereocenters. The van der Waals surface area contributed by atoms with Crippen molar-refractivity contribution in [3.05, 3.63) is 23.9 Å². The second kappa shape index (κ2) is 8.20. The third-order valence-electron chi connectivity index (χ3n) is 6.00. The first-order valence-electron chi connectivity index (χ1n) is 10.5. The van der Waals surface area contributed by atoms with Crippen molar-refractivity contribution in [2.75, 3.05) is 45.0 Å². The fourth-order valence-electron chi connectivity index (χ4n) is 4.67. The maximum absolute atomic E-state index is 13.1. The number of ether oxygens (including phenoxy) is 1. The minimum atomic E-state index is -3.50. The van der Waals surface area contributed by atoms with Gasteiger partial charge in [-0.3, -0.25) is 9.69 Å². The van der Waals surface area contributed by atoms with Crippen LogP contribution in [-0.2, 0) is 19.6 Å². The molecule has 0 N–H and O–H groups in total. The number of nitrogens with zero attached hydrogens (tertiary/aromatic N) is 4. The lowest BCUT2D eigenvalue weighted by molar-refractivity contribution is -0.128. The predicted octanol–water partition coefficient (Wildman–Crippen LogP) is 0.832. The van der Waals surface area contributed by atoms with E-state index >= 15 is 0 Å². The molecule has 29 heavy (non-hydrogen) atoms. The molecule has 2 atom stereocenters. The first kappa shape index (κ1) is 20.6. The van der Waals surface area contributed by atoms with Crippen LogP contribution in [0.4, 0.5) is 0 Å². The zero-order chi connectivity index (χ0) is 20.6. The Hall–Kier alpha value is -1.71. The molecule has 2 fully saturated rings. The van der Waals surface area contributed by atoms with Crippen molar-refractivity contribution >= 4 is 21.8 Å². The molecule has 0 aromatic carbocycles. The zero-order valence-electron chi connectivity index (χ0n) is 17.2. The molecule has 4 rings (SSSR count). The molecule has 8 nitrogen and oxygen atoms in total. The number of amidine groups is 1. The molecule has 0 bridgehead atoms. The normalized spacial score (nSPS) is 30.6. The first-order chi connectivity index (χ1) is 13.8. The summed E-state index contributed by atoms with van der Waals surface area (Å²) in [6.45, 7) is 8.94. The van der Waals surface area contributed by atoms with Gasteiger partial charge in [0.2, 0.25) is 0 Å². The van der Waals surface area contributed by atoms with Gasteiger partial charge in [0.1, 0.15) is 0 Å². The fraction of sp³-hybridized carbons (Fsp3) is 0.700. The van der Waals surface area contributed by atoms with Gasteiger partial charge in [-0.25, -0.2) is 8.42 Å². The molecular weight excluding hydrogens is 392 g/mol. The highest BCUT2D eigenvalue weighted by molar-refractivity contribution is 7.90. The Bertz CT molecular complexity index is 833. The zero-order valence-corrected chi connectivity index (χ0v) is 18.0. The molecule has 4 heterocycles. The van der Waals surface area contributed by atoms with Crippen LogP contribution in [0.5, 0.6) is 0 Å². The molecule has 0 radical (unpaired) electrons. The standard InChI is InChI=1S/C20H30N4O4S/c1-15-12-22(13-16(2)28-15)14-17-5-8-24(9-6-17)20(25)18-4-3-7-23-10-11-29(26,27)21-19(18)23/h3-4,7,15-17H,5-6,8-14H2,1-2H3. The van der Waals surface area contributed by atoms with E-state index in [1.54, 1.807) is 23.3 Å². The number of hydrogen-bond acceptors (Lipinski definition) is 6. The largest absolute Gasteiger partial charge is 0.373 e. The van der Waals surface area contributed by atoms with Crippen LogP contribution < -0.4 is 0 Å². The van der Waals surface area contributed by atoms with Crippen molar-refractivity contribution in [3.63, 3.8) is 0 Å². The smallest absolute Gasteiger partial charge is 0.257 e. The Morgan fingerprint density at radius 3 is 2.55 bits per heavy atom. The van der Waals surface area contributed by atoms with Gasteiger partial charge in [0, 0.05) is 45.5 Å². The van der Waals surface area contributed by atoms with E-state index < -0.39 is 10.0 Å². The topological polar surface area (TPSA) is 82.5 Å². The van der Waals surface area contributed by atoms with E-state index in [4.69, 9.17) is 4.74 Å². The molecule has 160 valence electrons. The third kappa shape index (κ3) is 4.73. The van der Waals surface area contributed by atoms with Crippen LogP contribution in [0.1, 0.15) is 26.7 Å². The van der Waals surface area contributed by atoms with Gasteiger partial charge in [-0.2, -0.15) is 0 Å². The average molecular weight is 423 g/mol. The number of likely N-dealkylation sites (tertiary alicyclic amines) is 1. The summed E-state index contributed by atoms with van der Waals surface area (Å²) in [6, 6.07) is 0. The van der Waals surface area contributed by atoms with Gasteiger partial charge in [-0.15, -0.1) is 4.40 Å². The summed E-state index contributed by atoms with van der Waals surface area (Å²) in [7, 11) is -3.50. The molecule has 0 aliphatic carbocycles. The highest BCUT2D eigenvalue weighted by Gasteiger charge is 2.34. The van der Waals surface area contributed by atoms with Gasteiger partial charge in [-0.05, 0) is 44.8 Å². The molecule has 9 heteroatoms. The number of sulfonamides is 1. The maximum Gasteiger partial charge on any atom is 0.257 e. The molecular formula is C20H30N4O4S. The number of morpholine rings is 1. The number of piperidine rings is 1. The lowest BCUT2D eigenvalue weighted by Gasteiger charge is -2.40. The van der Waals surface area contributed by atoms with Gasteiger partial charge in [0.15, 0.2) is 5.84 Å². The van der Waals surface area contributed by atoms with Gasteiger partial charge < -0.3 is 14.5 Å². The van der Waals surface area contributed by atoms with E-state index in [-0.39, 0.29) is 29.7 Å². The number of rotatable bonds is 3. The van der Waals surface area contributed by atoms with Crippen molar-refractivity contribution in [2.24, 2.45) is 10.3 Å². The Labute approximate surface area is 172 Å². The molecule has 4 aliphatic rings. The maximum atomic E-state index is 13.1. The average Bonchev–Trinajstić information content (AvgIpc) is 2.66. The van der Waals surface area contributed by atoms with Gasteiger partial charge in [0.05, 0.1) is 23.5 Å². The Morgan fingerprint density at radius 1 is 1.17 bits per heavy atom. The summed E-state index contributed by atoms with van der Waals surface area (Å²) in [5.41, 5.74) is 0.380. The number of hydrogen-bond donors (Lipinski definition) is 0. The van der Waals surface area contributed by atoms with Crippen LogP contribution in [0.2, 0.25) is 0 Å².